The molecule has 0 aromatic heterocycles. The van der Waals surface area contributed by atoms with Gasteiger partial charge in [0.25, 0.3) is 0 Å². The van der Waals surface area contributed by atoms with Crippen LogP contribution >= 0.6 is 0 Å². The molecule has 6 nitrogen and oxygen atoms in total. The average Bonchev–Trinajstić information content (AvgIpc) is 2.37. The molecule has 3 N–H and O–H groups in total. The van der Waals surface area contributed by atoms with Gasteiger partial charge in [0.15, 0.2) is 0 Å². The molecule has 0 saturated carbocycles. The number of rotatable bonds is 4. The van der Waals surface area contributed by atoms with Gasteiger partial charge in [-0.2, -0.15) is 0 Å². The molecule has 1 rings (SSSR count). The molecule has 0 radical (unpaired) electrons. The highest BCUT2D eigenvalue weighted by Gasteiger charge is 1.99. The molecular weight excluding hydrogens is 250 g/mol. The molecule has 0 saturated heterocycles. The molecule has 0 spiro atoms. The van der Waals surface area contributed by atoms with E-state index >= 15 is 0 Å². The van der Waals surface area contributed by atoms with Crippen molar-refractivity contribution in [3.8, 4) is 0 Å². The number of carbonyl (C=O) groups excluding carboxylic acids is 1. The Morgan fingerprint density at radius 3 is 2.32 bits per heavy atom. The minimum atomic E-state index is -1.04. The molecule has 104 valence electrons. The lowest BCUT2D eigenvalue weighted by atomic mass is 10.3. The van der Waals surface area contributed by atoms with Crippen molar-refractivity contribution in [3.05, 3.63) is 42.5 Å². The normalized spacial score (nSPS) is 8.74. The number of ether oxygens (including phenoxy) is 1. The predicted octanol–water partition coefficient (Wildman–Crippen LogP) is 1.87. The van der Waals surface area contributed by atoms with Crippen LogP contribution in [0, 0.1) is 0 Å². The summed E-state index contributed by atoms with van der Waals surface area (Å²) in [5.74, 6) is -0.455. The Labute approximate surface area is 111 Å². The van der Waals surface area contributed by atoms with Crippen LogP contribution in [0.15, 0.2) is 42.5 Å². The van der Waals surface area contributed by atoms with Crippen LogP contribution in [0.2, 0.25) is 0 Å². The van der Waals surface area contributed by atoms with Gasteiger partial charge in [-0.3, -0.25) is 5.32 Å². The number of carboxylic acid groups (broad SMARTS) is 1. The average molecular weight is 267 g/mol. The number of aliphatic hydroxyl groups excluding tert-OH is 1. The number of anilines is 1. The number of amides is 1. The number of benzene rings is 1. The number of hydrogen-bond acceptors (Lipinski definition) is 4. The Morgan fingerprint density at radius 2 is 1.89 bits per heavy atom. The summed E-state index contributed by atoms with van der Waals surface area (Å²) >= 11 is 0. The molecule has 0 unspecified atom stereocenters. The third-order valence-electron chi connectivity index (χ3n) is 1.70. The summed E-state index contributed by atoms with van der Waals surface area (Å²) in [7, 11) is 0. The summed E-state index contributed by atoms with van der Waals surface area (Å²) in [4.78, 5) is 20.5. The second kappa shape index (κ2) is 9.67. The van der Waals surface area contributed by atoms with Gasteiger partial charge in [0.1, 0.15) is 6.61 Å². The first-order chi connectivity index (χ1) is 8.97. The number of para-hydroxylation sites is 1. The summed E-state index contributed by atoms with van der Waals surface area (Å²) < 4.78 is 4.46. The molecule has 1 aromatic carbocycles. The van der Waals surface area contributed by atoms with E-state index in [-0.39, 0.29) is 13.2 Å². The molecular formula is C13H17NO5. The van der Waals surface area contributed by atoms with Crippen molar-refractivity contribution >= 4 is 17.7 Å². The van der Waals surface area contributed by atoms with Gasteiger partial charge < -0.3 is 14.9 Å². The van der Waals surface area contributed by atoms with Crippen molar-refractivity contribution < 1.29 is 24.5 Å². The Kier molecular flexibility index (Phi) is 8.48. The maximum atomic E-state index is 10.5. The molecule has 0 aliphatic heterocycles. The Morgan fingerprint density at radius 1 is 1.32 bits per heavy atom. The highest BCUT2D eigenvalue weighted by molar-refractivity contribution is 5.86. The molecule has 0 fully saturated rings. The van der Waals surface area contributed by atoms with E-state index in [1.165, 1.54) is 0 Å². The van der Waals surface area contributed by atoms with Gasteiger partial charge >= 0.3 is 12.1 Å². The number of carbonyl (C=O) groups is 2. The van der Waals surface area contributed by atoms with Crippen molar-refractivity contribution in [3.63, 3.8) is 0 Å². The van der Waals surface area contributed by atoms with E-state index in [0.29, 0.717) is 11.3 Å². The zero-order chi connectivity index (χ0) is 14.7. The number of nitrogens with one attached hydrogen (secondary N) is 1. The number of aliphatic hydroxyl groups is 1. The van der Waals surface area contributed by atoms with Crippen LogP contribution in [-0.4, -0.2) is 35.5 Å². The first-order valence-corrected chi connectivity index (χ1v) is 5.46. The van der Waals surface area contributed by atoms with Gasteiger partial charge in [0, 0.05) is 11.3 Å². The fourth-order valence-electron chi connectivity index (χ4n) is 0.907. The van der Waals surface area contributed by atoms with Gasteiger partial charge in [-0.05, 0) is 19.1 Å². The van der Waals surface area contributed by atoms with Crippen molar-refractivity contribution in [1.29, 1.82) is 0 Å². The van der Waals surface area contributed by atoms with Crippen molar-refractivity contribution in [2.45, 2.75) is 6.92 Å². The molecule has 0 aliphatic rings. The monoisotopic (exact) mass is 267 g/mol. The van der Waals surface area contributed by atoms with Gasteiger partial charge in [0.05, 0.1) is 6.61 Å². The minimum absolute atomic E-state index is 0.0473. The van der Waals surface area contributed by atoms with E-state index in [9.17, 15) is 9.59 Å². The minimum Gasteiger partial charge on any atom is -0.465 e. The van der Waals surface area contributed by atoms with Crippen LogP contribution in [0.1, 0.15) is 6.92 Å². The number of esters is 1. The SMILES string of the molecule is C=C(C)C(=O)OCCO.O=C(O)Nc1ccccc1. The van der Waals surface area contributed by atoms with E-state index < -0.39 is 12.1 Å². The van der Waals surface area contributed by atoms with E-state index in [0.717, 1.165) is 0 Å². The fraction of sp³-hybridized carbons (Fsp3) is 0.231. The van der Waals surface area contributed by atoms with Crippen LogP contribution in [-0.2, 0) is 9.53 Å². The second-order valence-corrected chi connectivity index (χ2v) is 3.44. The Bertz CT molecular complexity index is 416. The maximum Gasteiger partial charge on any atom is 0.409 e. The van der Waals surface area contributed by atoms with Crippen molar-refractivity contribution in [2.24, 2.45) is 0 Å². The molecule has 1 aromatic rings. The van der Waals surface area contributed by atoms with Gasteiger partial charge in [0.2, 0.25) is 0 Å². The Balaban J connectivity index is 0.000000344. The van der Waals surface area contributed by atoms with Crippen LogP contribution < -0.4 is 5.32 Å². The van der Waals surface area contributed by atoms with E-state index in [4.69, 9.17) is 10.2 Å². The van der Waals surface area contributed by atoms with E-state index in [1.807, 2.05) is 6.07 Å². The lowest BCUT2D eigenvalue weighted by Crippen LogP contribution is -2.08. The first-order valence-electron chi connectivity index (χ1n) is 5.46. The second-order valence-electron chi connectivity index (χ2n) is 3.44. The molecule has 0 heterocycles. The lowest BCUT2D eigenvalue weighted by Gasteiger charge is -1.99. The maximum absolute atomic E-state index is 10.5. The zero-order valence-electron chi connectivity index (χ0n) is 10.6. The lowest BCUT2D eigenvalue weighted by molar-refractivity contribution is -0.139. The molecule has 6 heteroatoms. The molecule has 0 bridgehead atoms. The standard InChI is InChI=1S/C7H7NO2.C6H10O3/c9-7(10)8-6-4-2-1-3-5-6;1-5(2)6(8)9-4-3-7/h1-5,8H,(H,9,10);7H,1,3-4H2,2H3. The highest BCUT2D eigenvalue weighted by Crippen LogP contribution is 2.03. The topological polar surface area (TPSA) is 95.9 Å². The first kappa shape index (κ1) is 16.7. The summed E-state index contributed by atoms with van der Waals surface area (Å²) in [5, 5.41) is 18.7. The van der Waals surface area contributed by atoms with Crippen LogP contribution in [0.4, 0.5) is 10.5 Å². The quantitative estimate of drug-likeness (QED) is 0.571. The molecule has 19 heavy (non-hydrogen) atoms. The summed E-state index contributed by atoms with van der Waals surface area (Å²) in [5.41, 5.74) is 0.943. The van der Waals surface area contributed by atoms with Crippen molar-refractivity contribution in [2.75, 3.05) is 18.5 Å². The van der Waals surface area contributed by atoms with Gasteiger partial charge in [-0.15, -0.1) is 0 Å². The Hall–Kier alpha value is -2.34. The van der Waals surface area contributed by atoms with Crippen LogP contribution in [0.25, 0.3) is 0 Å². The molecule has 1 amide bonds. The van der Waals surface area contributed by atoms with Crippen LogP contribution in [0.5, 0.6) is 0 Å². The third kappa shape index (κ3) is 9.37. The van der Waals surface area contributed by atoms with Crippen LogP contribution in [0.3, 0.4) is 0 Å². The zero-order valence-corrected chi connectivity index (χ0v) is 10.6. The summed E-state index contributed by atoms with van der Waals surface area (Å²) in [6.45, 7) is 4.81. The highest BCUT2D eigenvalue weighted by atomic mass is 16.5. The third-order valence-corrected chi connectivity index (χ3v) is 1.70. The largest absolute Gasteiger partial charge is 0.465 e. The van der Waals surface area contributed by atoms with Gasteiger partial charge in [-0.1, -0.05) is 24.8 Å². The number of hydrogen-bond donors (Lipinski definition) is 3. The summed E-state index contributed by atoms with van der Waals surface area (Å²) in [6, 6.07) is 8.74. The van der Waals surface area contributed by atoms with Crippen molar-refractivity contribution in [1.82, 2.24) is 0 Å². The van der Waals surface area contributed by atoms with Gasteiger partial charge in [-0.25, -0.2) is 9.59 Å². The fourth-order valence-corrected chi connectivity index (χ4v) is 0.907. The summed E-state index contributed by atoms with van der Waals surface area (Å²) in [6.07, 6.45) is -1.04. The smallest absolute Gasteiger partial charge is 0.409 e. The molecule has 0 aliphatic carbocycles. The predicted molar refractivity (Wildman–Crippen MR) is 70.9 cm³/mol. The van der Waals surface area contributed by atoms with E-state index in [2.05, 4.69) is 16.6 Å². The van der Waals surface area contributed by atoms with E-state index in [1.54, 1.807) is 31.2 Å². The molecule has 0 atom stereocenters.